The molecule has 0 spiro atoms. The topological polar surface area (TPSA) is 65.0 Å². The van der Waals surface area contributed by atoms with Gasteiger partial charge in [-0.25, -0.2) is 0 Å². The normalized spacial score (nSPS) is 25.8. The maximum Gasteiger partial charge on any atom is 0.271 e. The second-order valence-corrected chi connectivity index (χ2v) is 8.80. The van der Waals surface area contributed by atoms with Gasteiger partial charge in [-0.3, -0.25) is 0 Å². The molecule has 8 heteroatoms. The number of hydrogen-bond acceptors (Lipinski definition) is 8. The SMILES string of the molecule is CN1CCN(c2nsnc2OC2CC(C)(C)N(O)C(C)(C)C2)CC1. The van der Waals surface area contributed by atoms with Crippen LogP contribution in [0.2, 0.25) is 0 Å². The van der Waals surface area contributed by atoms with Gasteiger partial charge in [0.05, 0.1) is 11.7 Å². The highest BCUT2D eigenvalue weighted by Crippen LogP contribution is 2.39. The molecular formula is C16H29N5O2S. The van der Waals surface area contributed by atoms with Crippen LogP contribution in [0.4, 0.5) is 5.82 Å². The number of nitrogens with zero attached hydrogens (tertiary/aromatic N) is 5. The Morgan fingerprint density at radius 3 is 2.21 bits per heavy atom. The molecule has 3 rings (SSSR count). The molecule has 0 aromatic carbocycles. The molecule has 1 N–H and O–H groups in total. The number of aromatic nitrogens is 2. The minimum absolute atomic E-state index is 0.0218. The molecule has 0 unspecified atom stereocenters. The van der Waals surface area contributed by atoms with Gasteiger partial charge in [-0.15, -0.1) is 4.37 Å². The number of piperazine rings is 1. The average Bonchev–Trinajstić information content (AvgIpc) is 2.93. The van der Waals surface area contributed by atoms with Crippen molar-refractivity contribution in [3.05, 3.63) is 0 Å². The van der Waals surface area contributed by atoms with E-state index >= 15 is 0 Å². The van der Waals surface area contributed by atoms with Crippen molar-refractivity contribution in [3.8, 4) is 5.88 Å². The Morgan fingerprint density at radius 2 is 1.62 bits per heavy atom. The largest absolute Gasteiger partial charge is 0.471 e. The first kappa shape index (κ1) is 17.8. The number of rotatable bonds is 3. The Morgan fingerprint density at radius 1 is 1.04 bits per heavy atom. The van der Waals surface area contributed by atoms with Crippen LogP contribution in [0, 0.1) is 0 Å². The first-order valence-corrected chi connectivity index (χ1v) is 9.34. The first-order valence-electron chi connectivity index (χ1n) is 8.61. The lowest BCUT2D eigenvalue weighted by atomic mass is 9.80. The summed E-state index contributed by atoms with van der Waals surface area (Å²) in [6.07, 6.45) is 1.53. The van der Waals surface area contributed by atoms with Gasteiger partial charge in [0.25, 0.3) is 5.88 Å². The standard InChI is InChI=1S/C16H29N5O2S/c1-15(2)10-12(11-16(3,4)21(15)22)23-14-13(17-24-18-14)20-8-6-19(5)7-9-20/h12,22H,6-11H2,1-5H3. The highest BCUT2D eigenvalue weighted by molar-refractivity contribution is 6.99. The van der Waals surface area contributed by atoms with Crippen molar-refractivity contribution >= 4 is 17.5 Å². The molecule has 3 heterocycles. The number of hydrogen-bond donors (Lipinski definition) is 1. The van der Waals surface area contributed by atoms with E-state index in [2.05, 4.69) is 25.6 Å². The highest BCUT2D eigenvalue weighted by atomic mass is 32.1. The van der Waals surface area contributed by atoms with E-state index in [4.69, 9.17) is 4.74 Å². The van der Waals surface area contributed by atoms with Crippen LogP contribution < -0.4 is 9.64 Å². The van der Waals surface area contributed by atoms with Crippen LogP contribution in [0.1, 0.15) is 40.5 Å². The Hall–Kier alpha value is -0.960. The second kappa shape index (κ2) is 6.40. The van der Waals surface area contributed by atoms with E-state index in [-0.39, 0.29) is 17.2 Å². The number of hydroxylamine groups is 2. The quantitative estimate of drug-likeness (QED) is 0.890. The molecule has 0 radical (unpaired) electrons. The lowest BCUT2D eigenvalue weighted by Gasteiger charge is -2.51. The lowest BCUT2D eigenvalue weighted by Crippen LogP contribution is -2.61. The van der Waals surface area contributed by atoms with Crippen molar-refractivity contribution in [1.29, 1.82) is 0 Å². The van der Waals surface area contributed by atoms with E-state index in [1.54, 1.807) is 0 Å². The lowest BCUT2D eigenvalue weighted by molar-refractivity contribution is -0.255. The predicted molar refractivity (Wildman–Crippen MR) is 95.1 cm³/mol. The number of likely N-dealkylation sites (N-methyl/N-ethyl adjacent to an activating group) is 1. The molecule has 2 saturated heterocycles. The predicted octanol–water partition coefficient (Wildman–Crippen LogP) is 2.08. The fourth-order valence-electron chi connectivity index (χ4n) is 3.88. The van der Waals surface area contributed by atoms with Crippen molar-refractivity contribution in [2.45, 2.75) is 57.7 Å². The molecule has 2 fully saturated rings. The molecule has 1 aromatic rings. The number of ether oxygens (including phenoxy) is 1. The molecule has 1 aromatic heterocycles. The van der Waals surface area contributed by atoms with E-state index in [0.29, 0.717) is 5.88 Å². The van der Waals surface area contributed by atoms with Gasteiger partial charge in [-0.05, 0) is 34.7 Å². The van der Waals surface area contributed by atoms with E-state index in [1.807, 2.05) is 27.7 Å². The molecule has 2 aliphatic heterocycles. The van der Waals surface area contributed by atoms with Gasteiger partial charge >= 0.3 is 0 Å². The Labute approximate surface area is 148 Å². The molecular weight excluding hydrogens is 326 g/mol. The number of anilines is 1. The van der Waals surface area contributed by atoms with E-state index in [0.717, 1.165) is 44.8 Å². The fraction of sp³-hybridized carbons (Fsp3) is 0.875. The molecule has 0 atom stereocenters. The third-order valence-electron chi connectivity index (χ3n) is 5.12. The van der Waals surface area contributed by atoms with Crippen molar-refractivity contribution in [2.24, 2.45) is 0 Å². The highest BCUT2D eigenvalue weighted by Gasteiger charge is 2.46. The van der Waals surface area contributed by atoms with Gasteiger partial charge in [0, 0.05) is 50.1 Å². The zero-order valence-electron chi connectivity index (χ0n) is 15.3. The third-order valence-corrected chi connectivity index (χ3v) is 5.63. The molecule has 2 aliphatic rings. The molecule has 136 valence electrons. The Kier molecular flexibility index (Phi) is 4.76. The summed E-state index contributed by atoms with van der Waals surface area (Å²) in [7, 11) is 2.14. The summed E-state index contributed by atoms with van der Waals surface area (Å²) in [5.74, 6) is 1.52. The van der Waals surface area contributed by atoms with Gasteiger partial charge < -0.3 is 19.7 Å². The van der Waals surface area contributed by atoms with Crippen LogP contribution >= 0.6 is 11.7 Å². The van der Waals surface area contributed by atoms with Gasteiger partial charge in [0.1, 0.15) is 6.10 Å². The third kappa shape index (κ3) is 3.51. The maximum atomic E-state index is 10.4. The van der Waals surface area contributed by atoms with Gasteiger partial charge in [0.15, 0.2) is 0 Å². The van der Waals surface area contributed by atoms with E-state index in [1.165, 1.54) is 16.8 Å². The maximum absolute atomic E-state index is 10.4. The molecule has 0 aliphatic carbocycles. The summed E-state index contributed by atoms with van der Waals surface area (Å²) in [5, 5.41) is 11.9. The summed E-state index contributed by atoms with van der Waals surface area (Å²) in [6, 6.07) is 0. The minimum atomic E-state index is -0.329. The van der Waals surface area contributed by atoms with Crippen LogP contribution in [0.25, 0.3) is 0 Å². The summed E-state index contributed by atoms with van der Waals surface area (Å²) in [4.78, 5) is 4.58. The monoisotopic (exact) mass is 355 g/mol. The van der Waals surface area contributed by atoms with Crippen molar-refractivity contribution in [2.75, 3.05) is 38.1 Å². The average molecular weight is 356 g/mol. The van der Waals surface area contributed by atoms with Gasteiger partial charge in [0.2, 0.25) is 5.82 Å². The van der Waals surface area contributed by atoms with Crippen LogP contribution in [0.3, 0.4) is 0 Å². The second-order valence-electron chi connectivity index (χ2n) is 8.27. The summed E-state index contributed by atoms with van der Waals surface area (Å²) >= 11 is 1.21. The molecule has 7 nitrogen and oxygen atoms in total. The van der Waals surface area contributed by atoms with Crippen molar-refractivity contribution < 1.29 is 9.94 Å². The summed E-state index contributed by atoms with van der Waals surface area (Å²) in [6.45, 7) is 12.1. The number of piperidine rings is 1. The van der Waals surface area contributed by atoms with E-state index < -0.39 is 0 Å². The zero-order chi connectivity index (χ0) is 17.5. The molecule has 0 saturated carbocycles. The van der Waals surface area contributed by atoms with Crippen LogP contribution in [0.5, 0.6) is 5.88 Å². The van der Waals surface area contributed by atoms with Crippen molar-refractivity contribution in [1.82, 2.24) is 18.7 Å². The van der Waals surface area contributed by atoms with Crippen LogP contribution in [-0.2, 0) is 0 Å². The van der Waals surface area contributed by atoms with E-state index in [9.17, 15) is 5.21 Å². The van der Waals surface area contributed by atoms with Gasteiger partial charge in [-0.2, -0.15) is 9.44 Å². The first-order chi connectivity index (χ1) is 11.2. The smallest absolute Gasteiger partial charge is 0.271 e. The van der Waals surface area contributed by atoms with Gasteiger partial charge in [-0.1, -0.05) is 0 Å². The summed E-state index contributed by atoms with van der Waals surface area (Å²) in [5.41, 5.74) is -0.659. The molecule has 0 amide bonds. The zero-order valence-corrected chi connectivity index (χ0v) is 16.1. The fourth-order valence-corrected chi connectivity index (χ4v) is 4.39. The van der Waals surface area contributed by atoms with Crippen molar-refractivity contribution in [3.63, 3.8) is 0 Å². The minimum Gasteiger partial charge on any atom is -0.471 e. The molecule has 0 bridgehead atoms. The summed E-state index contributed by atoms with van der Waals surface area (Å²) < 4.78 is 15.1. The molecule has 24 heavy (non-hydrogen) atoms. The Balaban J connectivity index is 1.72. The van der Waals surface area contributed by atoms with Crippen LogP contribution in [0.15, 0.2) is 0 Å². The van der Waals surface area contributed by atoms with Crippen LogP contribution in [-0.4, -0.2) is 74.3 Å². The Bertz CT molecular complexity index is 551.